The van der Waals surface area contributed by atoms with Gasteiger partial charge in [-0.15, -0.1) is 0 Å². The second-order valence-electron chi connectivity index (χ2n) is 3.19. The fourth-order valence-corrected chi connectivity index (χ4v) is 1.63. The zero-order valence-corrected chi connectivity index (χ0v) is 7.49. The normalized spacial score (nSPS) is 27.3. The summed E-state index contributed by atoms with van der Waals surface area (Å²) >= 11 is 0. The van der Waals surface area contributed by atoms with Crippen LogP contribution in [0, 0.1) is 11.8 Å². The van der Waals surface area contributed by atoms with Crippen molar-refractivity contribution in [1.82, 2.24) is 0 Å². The first-order chi connectivity index (χ1) is 6.19. The van der Waals surface area contributed by atoms with E-state index >= 15 is 0 Å². The SMILES string of the molecule is COC(=O)CC1C(=O)CCC1C=O. The van der Waals surface area contributed by atoms with Crippen LogP contribution in [0.15, 0.2) is 0 Å². The van der Waals surface area contributed by atoms with Crippen molar-refractivity contribution in [3.8, 4) is 0 Å². The first-order valence-corrected chi connectivity index (χ1v) is 4.24. The summed E-state index contributed by atoms with van der Waals surface area (Å²) in [6, 6.07) is 0. The molecule has 72 valence electrons. The number of Topliss-reactive ketones (excluding diaryl/α,β-unsaturated/α-hetero) is 1. The van der Waals surface area contributed by atoms with Crippen LogP contribution in [0.5, 0.6) is 0 Å². The Balaban J connectivity index is 2.59. The molecule has 1 saturated carbocycles. The third-order valence-electron chi connectivity index (χ3n) is 2.44. The largest absolute Gasteiger partial charge is 0.469 e. The van der Waals surface area contributed by atoms with Crippen LogP contribution in [-0.4, -0.2) is 25.1 Å². The van der Waals surface area contributed by atoms with Gasteiger partial charge in [0.05, 0.1) is 13.5 Å². The molecule has 0 bridgehead atoms. The molecule has 0 aromatic rings. The van der Waals surface area contributed by atoms with Crippen molar-refractivity contribution >= 4 is 18.0 Å². The molecule has 2 atom stereocenters. The number of hydrogen-bond donors (Lipinski definition) is 0. The summed E-state index contributed by atoms with van der Waals surface area (Å²) in [5, 5.41) is 0. The molecule has 0 amide bonds. The second-order valence-corrected chi connectivity index (χ2v) is 3.19. The quantitative estimate of drug-likeness (QED) is 0.469. The molecule has 1 rings (SSSR count). The van der Waals surface area contributed by atoms with Crippen LogP contribution in [0.25, 0.3) is 0 Å². The number of aldehydes is 1. The standard InChI is InChI=1S/C9H12O4/c1-13-9(12)4-7-6(5-10)2-3-8(7)11/h5-7H,2-4H2,1H3. The Kier molecular flexibility index (Phi) is 3.17. The lowest BCUT2D eigenvalue weighted by molar-refractivity contribution is -0.144. The molecule has 0 N–H and O–H groups in total. The van der Waals surface area contributed by atoms with Crippen molar-refractivity contribution in [3.63, 3.8) is 0 Å². The fraction of sp³-hybridized carbons (Fsp3) is 0.667. The summed E-state index contributed by atoms with van der Waals surface area (Å²) in [4.78, 5) is 32.6. The van der Waals surface area contributed by atoms with Gasteiger partial charge in [0, 0.05) is 18.3 Å². The van der Waals surface area contributed by atoms with Gasteiger partial charge in [-0.3, -0.25) is 9.59 Å². The fourth-order valence-electron chi connectivity index (χ4n) is 1.63. The van der Waals surface area contributed by atoms with Gasteiger partial charge < -0.3 is 9.53 Å². The Hall–Kier alpha value is -1.19. The van der Waals surface area contributed by atoms with Crippen molar-refractivity contribution in [3.05, 3.63) is 0 Å². The third kappa shape index (κ3) is 2.14. The van der Waals surface area contributed by atoms with E-state index in [9.17, 15) is 14.4 Å². The molecule has 1 aliphatic rings. The van der Waals surface area contributed by atoms with E-state index in [0.717, 1.165) is 6.29 Å². The Morgan fingerprint density at radius 3 is 2.92 bits per heavy atom. The molecule has 13 heavy (non-hydrogen) atoms. The minimum atomic E-state index is -0.440. The zero-order valence-electron chi connectivity index (χ0n) is 7.49. The number of hydrogen-bond acceptors (Lipinski definition) is 4. The Morgan fingerprint density at radius 1 is 1.69 bits per heavy atom. The summed E-state index contributed by atoms with van der Waals surface area (Å²) in [5.74, 6) is -1.15. The molecule has 1 aliphatic carbocycles. The number of methoxy groups -OCH3 is 1. The molecule has 4 nitrogen and oxygen atoms in total. The van der Waals surface area contributed by atoms with Gasteiger partial charge in [-0.2, -0.15) is 0 Å². The maximum atomic E-state index is 11.2. The maximum absolute atomic E-state index is 11.2. The first kappa shape index (κ1) is 9.89. The van der Waals surface area contributed by atoms with E-state index in [-0.39, 0.29) is 18.1 Å². The summed E-state index contributed by atoms with van der Waals surface area (Å²) in [6.07, 6.45) is 1.78. The highest BCUT2D eigenvalue weighted by Gasteiger charge is 2.35. The van der Waals surface area contributed by atoms with Gasteiger partial charge >= 0.3 is 5.97 Å². The van der Waals surface area contributed by atoms with Crippen LogP contribution < -0.4 is 0 Å². The van der Waals surface area contributed by atoms with Crippen LogP contribution >= 0.6 is 0 Å². The molecule has 0 saturated heterocycles. The van der Waals surface area contributed by atoms with Crippen molar-refractivity contribution in [2.75, 3.05) is 7.11 Å². The van der Waals surface area contributed by atoms with Gasteiger partial charge in [0.2, 0.25) is 0 Å². The molecular formula is C9H12O4. The van der Waals surface area contributed by atoms with Gasteiger partial charge in [-0.05, 0) is 6.42 Å². The van der Waals surface area contributed by atoms with Gasteiger partial charge in [0.15, 0.2) is 0 Å². The highest BCUT2D eigenvalue weighted by atomic mass is 16.5. The first-order valence-electron chi connectivity index (χ1n) is 4.24. The zero-order chi connectivity index (χ0) is 9.84. The number of carbonyl (C=O) groups is 3. The Bertz CT molecular complexity index is 234. The van der Waals surface area contributed by atoms with Crippen LogP contribution in [0.1, 0.15) is 19.3 Å². The maximum Gasteiger partial charge on any atom is 0.306 e. The minimum absolute atomic E-state index is 0.00231. The van der Waals surface area contributed by atoms with Gasteiger partial charge in [-0.25, -0.2) is 0 Å². The third-order valence-corrected chi connectivity index (χ3v) is 2.44. The molecular weight excluding hydrogens is 172 g/mol. The van der Waals surface area contributed by atoms with Crippen LogP contribution in [0.2, 0.25) is 0 Å². The van der Waals surface area contributed by atoms with Gasteiger partial charge in [-0.1, -0.05) is 0 Å². The van der Waals surface area contributed by atoms with E-state index in [1.165, 1.54) is 7.11 Å². The molecule has 0 aromatic carbocycles. The molecule has 0 aromatic heterocycles. The monoisotopic (exact) mass is 184 g/mol. The summed E-state index contributed by atoms with van der Waals surface area (Å²) in [5.41, 5.74) is 0. The lowest BCUT2D eigenvalue weighted by atomic mass is 9.94. The second kappa shape index (κ2) is 4.16. The molecule has 0 spiro atoms. The summed E-state index contributed by atoms with van der Waals surface area (Å²) in [7, 11) is 1.28. The Morgan fingerprint density at radius 2 is 2.38 bits per heavy atom. The topological polar surface area (TPSA) is 60.4 Å². The number of rotatable bonds is 3. The number of carbonyl (C=O) groups excluding carboxylic acids is 3. The molecule has 1 fully saturated rings. The van der Waals surface area contributed by atoms with E-state index in [1.54, 1.807) is 0 Å². The van der Waals surface area contributed by atoms with E-state index in [2.05, 4.69) is 4.74 Å². The summed E-state index contributed by atoms with van der Waals surface area (Å²) < 4.78 is 4.45. The number of ether oxygens (including phenoxy) is 1. The van der Waals surface area contributed by atoms with E-state index in [1.807, 2.05) is 0 Å². The van der Waals surface area contributed by atoms with E-state index < -0.39 is 11.9 Å². The predicted octanol–water partition coefficient (Wildman–Crippen LogP) is 0.344. The number of esters is 1. The lowest BCUT2D eigenvalue weighted by Gasteiger charge is -2.10. The van der Waals surface area contributed by atoms with E-state index in [0.29, 0.717) is 12.8 Å². The minimum Gasteiger partial charge on any atom is -0.469 e. The van der Waals surface area contributed by atoms with Gasteiger partial charge in [0.1, 0.15) is 12.1 Å². The van der Waals surface area contributed by atoms with Crippen molar-refractivity contribution < 1.29 is 19.1 Å². The number of ketones is 1. The molecule has 0 aliphatic heterocycles. The van der Waals surface area contributed by atoms with E-state index in [4.69, 9.17) is 0 Å². The summed E-state index contributed by atoms with van der Waals surface area (Å²) in [6.45, 7) is 0. The predicted molar refractivity (Wildman–Crippen MR) is 43.9 cm³/mol. The molecule has 0 heterocycles. The Labute approximate surface area is 76.3 Å². The van der Waals surface area contributed by atoms with Crippen LogP contribution in [0.4, 0.5) is 0 Å². The highest BCUT2D eigenvalue weighted by molar-refractivity contribution is 5.90. The molecule has 4 heteroatoms. The lowest BCUT2D eigenvalue weighted by Crippen LogP contribution is -2.20. The highest BCUT2D eigenvalue weighted by Crippen LogP contribution is 2.29. The van der Waals surface area contributed by atoms with Gasteiger partial charge in [0.25, 0.3) is 0 Å². The van der Waals surface area contributed by atoms with Crippen molar-refractivity contribution in [2.24, 2.45) is 11.8 Å². The molecule has 0 radical (unpaired) electrons. The van der Waals surface area contributed by atoms with Crippen LogP contribution in [-0.2, 0) is 19.1 Å². The van der Waals surface area contributed by atoms with Crippen molar-refractivity contribution in [2.45, 2.75) is 19.3 Å². The molecule has 2 unspecified atom stereocenters. The average molecular weight is 184 g/mol. The van der Waals surface area contributed by atoms with Crippen LogP contribution in [0.3, 0.4) is 0 Å². The smallest absolute Gasteiger partial charge is 0.306 e. The van der Waals surface area contributed by atoms with Crippen molar-refractivity contribution in [1.29, 1.82) is 0 Å². The average Bonchev–Trinajstić information content (AvgIpc) is 2.48.